The molecule has 0 fully saturated rings. The Hall–Kier alpha value is -3.38. The zero-order valence-electron chi connectivity index (χ0n) is 70.6. The third-order valence-electron chi connectivity index (χ3n) is 21.1. The van der Waals surface area contributed by atoms with Gasteiger partial charge in [0.05, 0.1) is 77.9 Å². The fraction of sp³-hybridized carbons (Fsp3) is 0.476. The van der Waals surface area contributed by atoms with Crippen molar-refractivity contribution < 1.29 is 0 Å². The molecule has 0 saturated carbocycles. The summed E-state index contributed by atoms with van der Waals surface area (Å²) < 4.78 is 19.6. The molecule has 16 heteroatoms. The molecule has 0 unspecified atom stereocenters. The lowest BCUT2D eigenvalue weighted by Gasteiger charge is -2.04. The van der Waals surface area contributed by atoms with E-state index in [4.69, 9.17) is 6.42 Å². The van der Waals surface area contributed by atoms with E-state index >= 15 is 0 Å². The van der Waals surface area contributed by atoms with E-state index in [0.717, 1.165) is 14.6 Å². The maximum Gasteiger partial charge on any atom is 0.0794 e. The van der Waals surface area contributed by atoms with Crippen molar-refractivity contribution in [1.82, 2.24) is 0 Å². The summed E-state index contributed by atoms with van der Waals surface area (Å²) >= 11 is 30.9. The van der Waals surface area contributed by atoms with Crippen molar-refractivity contribution in [3.8, 4) is 59.7 Å². The van der Waals surface area contributed by atoms with Gasteiger partial charge >= 0.3 is 0 Å². The van der Waals surface area contributed by atoms with Crippen LogP contribution in [0.5, 0.6) is 0 Å². The van der Waals surface area contributed by atoms with Gasteiger partial charge in [0.15, 0.2) is 0 Å². The van der Waals surface area contributed by atoms with Crippen LogP contribution in [0.4, 0.5) is 0 Å². The number of thiophene rings is 14. The van der Waals surface area contributed by atoms with Crippen LogP contribution in [0.25, 0.3) is 56.4 Å². The van der Waals surface area contributed by atoms with Crippen molar-refractivity contribution >= 4 is 260 Å². The number of aryl methyl sites for hydroxylation is 7. The number of halogens is 2. The summed E-state index contributed by atoms with van der Waals surface area (Å²) in [4.78, 5) is 13.8. The minimum Gasteiger partial charge on any atom is -0.135 e. The molecule has 632 valence electrons. The van der Waals surface area contributed by atoms with Gasteiger partial charge in [0.1, 0.15) is 0 Å². The van der Waals surface area contributed by atoms with E-state index in [1.165, 1.54) is 371 Å². The Morgan fingerprint density at radius 1 is 0.235 bits per heavy atom. The number of rotatable bonds is 41. The van der Waals surface area contributed by atoms with Crippen molar-refractivity contribution in [2.75, 3.05) is 0 Å². The van der Waals surface area contributed by atoms with E-state index in [9.17, 15) is 0 Å². The molecular formula is C103H122I2S14. The molecule has 0 N–H and O–H groups in total. The van der Waals surface area contributed by atoms with E-state index in [0.29, 0.717) is 0 Å². The molecule has 0 saturated heterocycles. The second-order valence-electron chi connectivity index (χ2n) is 31.0. The Morgan fingerprint density at radius 2 is 0.471 bits per heavy atom. The summed E-state index contributed by atoms with van der Waals surface area (Å²) in [6.45, 7) is 16.0. The van der Waals surface area contributed by atoms with Crippen LogP contribution < -0.4 is 0 Å². The third-order valence-corrected chi connectivity index (χ3v) is 38.6. The lowest BCUT2D eigenvalue weighted by molar-refractivity contribution is 0.589. The number of hydrogen-bond acceptors (Lipinski definition) is 14. The van der Waals surface area contributed by atoms with Gasteiger partial charge in [-0.1, -0.05) is 235 Å². The van der Waals surface area contributed by atoms with Crippen LogP contribution >= 0.6 is 204 Å². The van der Waals surface area contributed by atoms with Crippen molar-refractivity contribution in [3.63, 3.8) is 0 Å². The smallest absolute Gasteiger partial charge is 0.0794 e. The van der Waals surface area contributed by atoms with Crippen LogP contribution in [-0.4, -0.2) is 0 Å². The van der Waals surface area contributed by atoms with Gasteiger partial charge in [-0.2, -0.15) is 0 Å². The fourth-order valence-corrected chi connectivity index (χ4v) is 32.4. The monoisotopic (exact) mass is 2060 g/mol. The van der Waals surface area contributed by atoms with Crippen molar-refractivity contribution in [2.45, 2.75) is 319 Å². The first kappa shape index (κ1) is 97.8. The molecule has 14 aromatic heterocycles. The van der Waals surface area contributed by atoms with E-state index < -0.39 is 0 Å². The van der Waals surface area contributed by atoms with Crippen molar-refractivity contribution in [3.05, 3.63) is 170 Å². The second kappa shape index (κ2) is 54.6. The van der Waals surface area contributed by atoms with Gasteiger partial charge in [-0.05, 0) is 293 Å². The summed E-state index contributed by atoms with van der Waals surface area (Å²) in [5.41, 5.74) is 7.45. The summed E-state index contributed by atoms with van der Waals surface area (Å²) in [7, 11) is 0. The molecule has 119 heavy (non-hydrogen) atoms. The van der Waals surface area contributed by atoms with Crippen LogP contribution in [0.3, 0.4) is 0 Å². The Kier molecular flexibility index (Phi) is 44.9. The lowest BCUT2D eigenvalue weighted by Crippen LogP contribution is -1.91. The molecule has 0 radical (unpaired) electrons. The zero-order chi connectivity index (χ0) is 82.5. The van der Waals surface area contributed by atoms with Crippen LogP contribution in [0.1, 0.15) is 356 Å². The lowest BCUT2D eigenvalue weighted by atomic mass is 10.0. The van der Waals surface area contributed by atoms with E-state index in [-0.39, 0.29) is 7.43 Å². The Balaban J connectivity index is 0.000000196. The van der Waals surface area contributed by atoms with Gasteiger partial charge in [0, 0.05) is 38.0 Å². The van der Waals surface area contributed by atoms with Crippen LogP contribution in [0.15, 0.2) is 82.9 Å². The number of terminal acetylenes is 1. The highest BCUT2D eigenvalue weighted by Gasteiger charge is 2.18. The summed E-state index contributed by atoms with van der Waals surface area (Å²) in [6, 6.07) is 25.3. The summed E-state index contributed by atoms with van der Waals surface area (Å²) in [5, 5.41) is 6.75. The molecule has 0 atom stereocenters. The first-order chi connectivity index (χ1) is 57.9. The predicted molar refractivity (Wildman–Crippen MR) is 573 cm³/mol. The largest absolute Gasteiger partial charge is 0.135 e. The van der Waals surface area contributed by atoms with Crippen LogP contribution in [0.2, 0.25) is 0 Å². The predicted octanol–water partition coefficient (Wildman–Crippen LogP) is 39.2. The molecule has 14 rings (SSSR count). The molecule has 14 heterocycles. The van der Waals surface area contributed by atoms with Crippen LogP contribution in [-0.2, 0) is 44.9 Å². The molecule has 0 aromatic carbocycles. The van der Waals surface area contributed by atoms with E-state index in [1.54, 1.807) is 54.9 Å². The molecule has 0 aliphatic rings. The van der Waals surface area contributed by atoms with Gasteiger partial charge < -0.3 is 0 Å². The minimum atomic E-state index is 0. The number of hydrogen-bond donors (Lipinski definition) is 0. The quantitative estimate of drug-likeness (QED) is 0.0204. The molecule has 14 aromatic rings. The Bertz CT molecular complexity index is 5320. The maximum absolute atomic E-state index is 5.30. The van der Waals surface area contributed by atoms with Gasteiger partial charge in [-0.15, -0.1) is 165 Å². The maximum atomic E-state index is 5.30. The molecule has 0 amide bonds. The first-order valence-electron chi connectivity index (χ1n) is 44.1. The van der Waals surface area contributed by atoms with Gasteiger partial charge in [0.2, 0.25) is 0 Å². The van der Waals surface area contributed by atoms with E-state index in [1.807, 2.05) is 125 Å². The summed E-state index contributed by atoms with van der Waals surface area (Å²) in [6.07, 6.45) is 59.3. The Morgan fingerprint density at radius 3 is 0.773 bits per heavy atom. The highest BCUT2D eigenvalue weighted by atomic mass is 127. The third kappa shape index (κ3) is 31.9. The van der Waals surface area contributed by atoms with Gasteiger partial charge in [-0.3, -0.25) is 0 Å². The molecule has 0 nitrogen and oxygen atoms in total. The fourth-order valence-electron chi connectivity index (χ4n) is 14.6. The molecule has 0 aliphatic carbocycles. The number of unbranched alkanes of at least 4 members (excludes halogenated alkanes) is 27. The molecular weight excluding hydrogens is 1940 g/mol. The summed E-state index contributed by atoms with van der Waals surface area (Å²) in [5.74, 6) is 30.7. The highest BCUT2D eigenvalue weighted by molar-refractivity contribution is 14.1. The zero-order valence-corrected chi connectivity index (χ0v) is 86.4. The average Bonchev–Trinajstić information content (AvgIpc) is 1.62. The van der Waals surface area contributed by atoms with Gasteiger partial charge in [-0.25, -0.2) is 0 Å². The SMILES string of the molecule is C.C#Cc1cc(CCCCCC)cs1.CCCCCCCCCc1sc(C#Cc2cc3sc4cc(C#Cc5cc(CCCCCC)c(CCCCCCCCC)s5)sc4c3s2)cc1CCCCCC.CCCCCCc1csc(C#Cc2cc3sc4cc(C#Cc5cc(CCCCCC)cs5)sc4c3s2)c1.Ic1cc2sc3cc(I)sc3c2s1. The average molecular weight is 2060 g/mol. The highest BCUT2D eigenvalue weighted by Crippen LogP contribution is 2.47. The first-order valence-corrected chi connectivity index (χ1v) is 57.9. The second-order valence-corrected chi connectivity index (χ2v) is 49.4. The number of fused-ring (bicyclic) bond motifs is 9. The normalized spacial score (nSPS) is 11.1. The topological polar surface area (TPSA) is 0 Å². The van der Waals surface area contributed by atoms with Gasteiger partial charge in [0.25, 0.3) is 0 Å². The molecule has 0 aliphatic heterocycles. The molecule has 0 spiro atoms. The van der Waals surface area contributed by atoms with Crippen molar-refractivity contribution in [2.24, 2.45) is 0 Å². The van der Waals surface area contributed by atoms with Crippen molar-refractivity contribution in [1.29, 1.82) is 0 Å². The Labute approximate surface area is 799 Å². The standard InChI is InChI=1S/C50H68S5.C32H32S5.C12H16S.C8H2I2S3.CH4/c1-5-9-13-17-19-21-25-29-45-39(27-23-15-11-7-3)35-41(51-45)31-33-43-37-47-49(53-43)50-48(55-47)38-44(54-50)34-32-42-36-40(28-24-16-12-8-4)46(52-42)30-26-22-20-18-14-10-6-2;1-3-5-7-9-11-23-17-25(33-21-23)13-15-27-19-29-31(35-27)32-30(37-29)20-28(36-32)16-14-26-18-24(22-34-26)12-10-8-6-4-2;1-3-5-6-7-8-11-9-12(4-2)13-10-11;9-5-1-3-7(12-5)8-4(11-3)2-6(10)13-8;/h35-38H,5-30H2,1-4H3;17-22H,3-12H2,1-2H3;2,9-10H,3,5-8H2,1H3;1-2H;1H4. The van der Waals surface area contributed by atoms with E-state index in [2.05, 4.69) is 230 Å². The van der Waals surface area contributed by atoms with Crippen LogP contribution in [0, 0.1) is 65.5 Å². The molecule has 0 bridgehead atoms. The minimum absolute atomic E-state index is 0.